The lowest BCUT2D eigenvalue weighted by Gasteiger charge is -2.26. The third-order valence-corrected chi connectivity index (χ3v) is 3.83. The molecule has 1 fully saturated rings. The van der Waals surface area contributed by atoms with Crippen molar-refractivity contribution in [2.45, 2.75) is 18.9 Å². The van der Waals surface area contributed by atoms with Crippen molar-refractivity contribution in [3.63, 3.8) is 0 Å². The van der Waals surface area contributed by atoms with Crippen molar-refractivity contribution in [1.29, 1.82) is 0 Å². The Morgan fingerprint density at radius 1 is 1.29 bits per heavy atom. The highest BCUT2D eigenvalue weighted by Gasteiger charge is 2.09. The number of pyridine rings is 1. The number of hydrogen-bond acceptors (Lipinski definition) is 4. The molecule has 0 radical (unpaired) electrons. The van der Waals surface area contributed by atoms with Crippen LogP contribution in [0.1, 0.15) is 11.3 Å². The summed E-state index contributed by atoms with van der Waals surface area (Å²) in [6.07, 6.45) is 0. The molecule has 1 aromatic heterocycles. The first-order valence-corrected chi connectivity index (χ1v) is 7.24. The third-order valence-electron chi connectivity index (χ3n) is 2.94. The smallest absolute Gasteiger partial charge is 0.0966 e. The van der Waals surface area contributed by atoms with Crippen molar-refractivity contribution in [3.8, 4) is 0 Å². The van der Waals surface area contributed by atoms with E-state index in [1.807, 2.05) is 11.8 Å². The summed E-state index contributed by atoms with van der Waals surface area (Å²) in [5, 5.41) is 4.54. The Labute approximate surface area is 108 Å². The van der Waals surface area contributed by atoms with E-state index in [1.54, 1.807) is 0 Å². The van der Waals surface area contributed by atoms with Gasteiger partial charge in [-0.15, -0.1) is 11.8 Å². The molecule has 1 aliphatic rings. The Hall–Kier alpha value is -0.580. The number of aromatic nitrogens is 1. The van der Waals surface area contributed by atoms with Gasteiger partial charge >= 0.3 is 0 Å². The molecule has 1 N–H and O–H groups in total. The average molecular weight is 251 g/mol. The fourth-order valence-corrected chi connectivity index (χ4v) is 3.13. The Balaban J connectivity index is 1.77. The van der Waals surface area contributed by atoms with E-state index in [2.05, 4.69) is 41.2 Å². The molecule has 1 aliphatic heterocycles. The maximum absolute atomic E-state index is 4.55. The minimum Gasteiger partial charge on any atom is -0.314 e. The van der Waals surface area contributed by atoms with E-state index in [0.29, 0.717) is 0 Å². The van der Waals surface area contributed by atoms with Crippen LogP contribution in [0, 0.1) is 13.8 Å². The van der Waals surface area contributed by atoms with Gasteiger partial charge in [-0.3, -0.25) is 4.90 Å². The molecule has 17 heavy (non-hydrogen) atoms. The van der Waals surface area contributed by atoms with Crippen LogP contribution >= 0.6 is 11.8 Å². The van der Waals surface area contributed by atoms with E-state index in [9.17, 15) is 0 Å². The zero-order valence-electron chi connectivity index (χ0n) is 10.7. The molecule has 0 unspecified atom stereocenters. The van der Waals surface area contributed by atoms with Gasteiger partial charge in [0.1, 0.15) is 0 Å². The van der Waals surface area contributed by atoms with Crippen molar-refractivity contribution in [1.82, 2.24) is 15.2 Å². The first kappa shape index (κ1) is 12.9. The molecule has 0 aromatic carbocycles. The molecule has 0 atom stereocenters. The first-order valence-electron chi connectivity index (χ1n) is 6.25. The van der Waals surface area contributed by atoms with Crippen LogP contribution in [0.15, 0.2) is 17.2 Å². The van der Waals surface area contributed by atoms with Crippen molar-refractivity contribution >= 4 is 11.8 Å². The van der Waals surface area contributed by atoms with Crippen LogP contribution in [0.25, 0.3) is 0 Å². The summed E-state index contributed by atoms with van der Waals surface area (Å²) in [6.45, 7) is 9.99. The normalized spacial score (nSPS) is 17.3. The van der Waals surface area contributed by atoms with Gasteiger partial charge in [-0.1, -0.05) is 0 Å². The second-order valence-electron chi connectivity index (χ2n) is 4.56. The fraction of sp³-hybridized carbons (Fsp3) is 0.615. The molecule has 1 saturated heterocycles. The second kappa shape index (κ2) is 6.38. The standard InChI is InChI=1S/C13H21N3S/c1-11-9-12(2)15-13(10-11)17-8-7-16-5-3-14-4-6-16/h9-10,14H,3-8H2,1-2H3. The van der Waals surface area contributed by atoms with Crippen molar-refractivity contribution in [2.75, 3.05) is 38.5 Å². The molecule has 2 rings (SSSR count). The average Bonchev–Trinajstić information content (AvgIpc) is 2.29. The van der Waals surface area contributed by atoms with Crippen LogP contribution in [-0.2, 0) is 0 Å². The molecule has 0 saturated carbocycles. The summed E-state index contributed by atoms with van der Waals surface area (Å²) in [5.41, 5.74) is 2.43. The van der Waals surface area contributed by atoms with Crippen molar-refractivity contribution < 1.29 is 0 Å². The van der Waals surface area contributed by atoms with Crippen LogP contribution in [0.4, 0.5) is 0 Å². The minimum atomic E-state index is 1.12. The molecule has 0 aliphatic carbocycles. The molecule has 94 valence electrons. The van der Waals surface area contributed by atoms with Gasteiger partial charge in [-0.05, 0) is 31.5 Å². The fourth-order valence-electron chi connectivity index (χ4n) is 2.09. The Morgan fingerprint density at radius 2 is 2.06 bits per heavy atom. The van der Waals surface area contributed by atoms with Gasteiger partial charge in [0.2, 0.25) is 0 Å². The number of hydrogen-bond donors (Lipinski definition) is 1. The van der Waals surface area contributed by atoms with E-state index in [4.69, 9.17) is 0 Å². The Kier molecular flexibility index (Phi) is 4.83. The van der Waals surface area contributed by atoms with E-state index in [0.717, 1.165) is 29.6 Å². The summed E-state index contributed by atoms with van der Waals surface area (Å²) >= 11 is 1.87. The Bertz CT molecular complexity index is 341. The first-order chi connectivity index (χ1) is 8.24. The van der Waals surface area contributed by atoms with Crippen LogP contribution in [0.5, 0.6) is 0 Å². The maximum atomic E-state index is 4.55. The summed E-state index contributed by atoms with van der Waals surface area (Å²) in [4.78, 5) is 7.07. The van der Waals surface area contributed by atoms with Crippen LogP contribution in [0.2, 0.25) is 0 Å². The van der Waals surface area contributed by atoms with Crippen molar-refractivity contribution in [2.24, 2.45) is 0 Å². The lowest BCUT2D eigenvalue weighted by molar-refractivity contribution is 0.255. The van der Waals surface area contributed by atoms with E-state index in [-0.39, 0.29) is 0 Å². The van der Waals surface area contributed by atoms with Crippen LogP contribution in [0.3, 0.4) is 0 Å². The number of piperazine rings is 1. The van der Waals surface area contributed by atoms with E-state index < -0.39 is 0 Å². The van der Waals surface area contributed by atoms with Gasteiger partial charge in [0.05, 0.1) is 5.03 Å². The highest BCUT2D eigenvalue weighted by molar-refractivity contribution is 7.99. The monoisotopic (exact) mass is 251 g/mol. The van der Waals surface area contributed by atoms with Gasteiger partial charge in [-0.25, -0.2) is 4.98 Å². The number of rotatable bonds is 4. The quantitative estimate of drug-likeness (QED) is 0.825. The molecule has 0 amide bonds. The predicted molar refractivity (Wildman–Crippen MR) is 73.7 cm³/mol. The van der Waals surface area contributed by atoms with Crippen LogP contribution in [-0.4, -0.2) is 48.4 Å². The maximum Gasteiger partial charge on any atom is 0.0966 e. The molecule has 0 spiro atoms. The van der Waals surface area contributed by atoms with Gasteiger partial charge in [0, 0.05) is 44.2 Å². The lowest BCUT2D eigenvalue weighted by atomic mass is 10.3. The van der Waals surface area contributed by atoms with E-state index in [1.165, 1.54) is 25.2 Å². The topological polar surface area (TPSA) is 28.2 Å². The van der Waals surface area contributed by atoms with Crippen LogP contribution < -0.4 is 5.32 Å². The van der Waals surface area contributed by atoms with E-state index >= 15 is 0 Å². The van der Waals surface area contributed by atoms with Gasteiger partial charge in [0.15, 0.2) is 0 Å². The summed E-state index contributed by atoms with van der Waals surface area (Å²) in [5.74, 6) is 1.13. The number of aryl methyl sites for hydroxylation is 2. The van der Waals surface area contributed by atoms with Gasteiger partial charge in [0.25, 0.3) is 0 Å². The summed E-state index contributed by atoms with van der Waals surface area (Å²) in [7, 11) is 0. The molecule has 4 heteroatoms. The molecular formula is C13H21N3S. The van der Waals surface area contributed by atoms with Crippen molar-refractivity contribution in [3.05, 3.63) is 23.4 Å². The SMILES string of the molecule is Cc1cc(C)nc(SCCN2CCNCC2)c1. The zero-order valence-corrected chi connectivity index (χ0v) is 11.5. The van der Waals surface area contributed by atoms with Gasteiger partial charge < -0.3 is 5.32 Å². The van der Waals surface area contributed by atoms with Gasteiger partial charge in [-0.2, -0.15) is 0 Å². The number of nitrogens with zero attached hydrogens (tertiary/aromatic N) is 2. The molecule has 3 nitrogen and oxygen atoms in total. The minimum absolute atomic E-state index is 1.12. The summed E-state index contributed by atoms with van der Waals surface area (Å²) in [6, 6.07) is 4.30. The largest absolute Gasteiger partial charge is 0.314 e. The highest BCUT2D eigenvalue weighted by atomic mass is 32.2. The number of thioether (sulfide) groups is 1. The predicted octanol–water partition coefficient (Wildman–Crippen LogP) is 1.70. The molecule has 1 aromatic rings. The lowest BCUT2D eigenvalue weighted by Crippen LogP contribution is -2.44. The molecule has 2 heterocycles. The zero-order chi connectivity index (χ0) is 12.1. The number of nitrogens with one attached hydrogen (secondary N) is 1. The third kappa shape index (κ3) is 4.30. The Morgan fingerprint density at radius 3 is 2.76 bits per heavy atom. The molecular weight excluding hydrogens is 230 g/mol. The summed E-state index contributed by atoms with van der Waals surface area (Å²) < 4.78 is 0. The second-order valence-corrected chi connectivity index (χ2v) is 5.68. The highest BCUT2D eigenvalue weighted by Crippen LogP contribution is 2.17. The molecule has 0 bridgehead atoms.